The number of anilines is 1. The molecule has 1 unspecified atom stereocenters. The SMILES string of the molecule is Cc1ccccc1C(C)Nc1nccnc1C. The van der Waals surface area contributed by atoms with Gasteiger partial charge in [-0.3, -0.25) is 4.98 Å². The van der Waals surface area contributed by atoms with Crippen molar-refractivity contribution in [2.75, 3.05) is 5.32 Å². The van der Waals surface area contributed by atoms with Crippen LogP contribution in [0.2, 0.25) is 0 Å². The van der Waals surface area contributed by atoms with Gasteiger partial charge in [0.25, 0.3) is 0 Å². The second-order valence-corrected chi connectivity index (χ2v) is 4.21. The van der Waals surface area contributed by atoms with E-state index in [2.05, 4.69) is 53.4 Å². The Morgan fingerprint density at radius 1 is 1.06 bits per heavy atom. The molecule has 0 aliphatic rings. The largest absolute Gasteiger partial charge is 0.362 e. The van der Waals surface area contributed by atoms with Crippen LogP contribution in [0.5, 0.6) is 0 Å². The number of hydrogen-bond donors (Lipinski definition) is 1. The molecule has 0 fully saturated rings. The van der Waals surface area contributed by atoms with Crippen molar-refractivity contribution < 1.29 is 0 Å². The van der Waals surface area contributed by atoms with Crippen molar-refractivity contribution in [1.82, 2.24) is 9.97 Å². The molecule has 0 saturated carbocycles. The highest BCUT2D eigenvalue weighted by atomic mass is 15.0. The molecule has 3 nitrogen and oxygen atoms in total. The van der Waals surface area contributed by atoms with E-state index in [-0.39, 0.29) is 6.04 Å². The second kappa shape index (κ2) is 4.95. The standard InChI is InChI=1S/C14H17N3/c1-10-6-4-5-7-13(10)11(2)17-14-12(3)15-8-9-16-14/h4-9,11H,1-3H3,(H,16,17). The van der Waals surface area contributed by atoms with Crippen LogP contribution in [0.15, 0.2) is 36.7 Å². The molecule has 3 heteroatoms. The van der Waals surface area contributed by atoms with E-state index in [0.717, 1.165) is 11.5 Å². The van der Waals surface area contributed by atoms with Gasteiger partial charge >= 0.3 is 0 Å². The first-order valence-electron chi connectivity index (χ1n) is 5.78. The Kier molecular flexibility index (Phi) is 3.38. The van der Waals surface area contributed by atoms with Crippen molar-refractivity contribution in [3.63, 3.8) is 0 Å². The van der Waals surface area contributed by atoms with Crippen LogP contribution in [0.25, 0.3) is 0 Å². The Bertz CT molecular complexity index is 508. The fraction of sp³-hybridized carbons (Fsp3) is 0.286. The Hall–Kier alpha value is -1.90. The Morgan fingerprint density at radius 3 is 2.47 bits per heavy atom. The summed E-state index contributed by atoms with van der Waals surface area (Å²) in [6.45, 7) is 6.22. The van der Waals surface area contributed by atoms with Gasteiger partial charge in [-0.2, -0.15) is 0 Å². The van der Waals surface area contributed by atoms with Crippen molar-refractivity contribution in [2.24, 2.45) is 0 Å². The van der Waals surface area contributed by atoms with E-state index in [0.29, 0.717) is 0 Å². The molecular formula is C14H17N3. The summed E-state index contributed by atoms with van der Waals surface area (Å²) in [5, 5.41) is 3.39. The molecule has 0 aliphatic carbocycles. The maximum Gasteiger partial charge on any atom is 0.147 e. The van der Waals surface area contributed by atoms with E-state index in [1.54, 1.807) is 12.4 Å². The van der Waals surface area contributed by atoms with E-state index >= 15 is 0 Å². The van der Waals surface area contributed by atoms with Gasteiger partial charge in [0.1, 0.15) is 5.82 Å². The van der Waals surface area contributed by atoms with Gasteiger partial charge < -0.3 is 5.32 Å². The smallest absolute Gasteiger partial charge is 0.147 e. The summed E-state index contributed by atoms with van der Waals surface area (Å²) in [4.78, 5) is 8.52. The third-order valence-corrected chi connectivity index (χ3v) is 2.89. The van der Waals surface area contributed by atoms with Gasteiger partial charge in [0, 0.05) is 12.4 Å². The van der Waals surface area contributed by atoms with Gasteiger partial charge in [0.15, 0.2) is 0 Å². The molecular weight excluding hydrogens is 210 g/mol. The molecule has 0 radical (unpaired) electrons. The summed E-state index contributed by atoms with van der Waals surface area (Å²) in [7, 11) is 0. The van der Waals surface area contributed by atoms with E-state index in [1.165, 1.54) is 11.1 Å². The van der Waals surface area contributed by atoms with Gasteiger partial charge in [0.05, 0.1) is 11.7 Å². The zero-order chi connectivity index (χ0) is 12.3. The first kappa shape index (κ1) is 11.6. The minimum absolute atomic E-state index is 0.228. The third kappa shape index (κ3) is 2.61. The number of hydrogen-bond acceptors (Lipinski definition) is 3. The molecule has 0 saturated heterocycles. The second-order valence-electron chi connectivity index (χ2n) is 4.21. The van der Waals surface area contributed by atoms with Crippen molar-refractivity contribution in [1.29, 1.82) is 0 Å². The predicted molar refractivity (Wildman–Crippen MR) is 70.0 cm³/mol. The van der Waals surface area contributed by atoms with E-state index < -0.39 is 0 Å². The minimum Gasteiger partial charge on any atom is -0.362 e. The average molecular weight is 227 g/mol. The molecule has 1 heterocycles. The molecule has 0 spiro atoms. The van der Waals surface area contributed by atoms with Gasteiger partial charge in [-0.15, -0.1) is 0 Å². The van der Waals surface area contributed by atoms with Gasteiger partial charge in [0.2, 0.25) is 0 Å². The van der Waals surface area contributed by atoms with Crippen LogP contribution in [-0.2, 0) is 0 Å². The number of nitrogens with one attached hydrogen (secondary N) is 1. The molecule has 1 aromatic heterocycles. The molecule has 2 aromatic rings. The third-order valence-electron chi connectivity index (χ3n) is 2.89. The van der Waals surface area contributed by atoms with Crippen LogP contribution in [0.3, 0.4) is 0 Å². The fourth-order valence-corrected chi connectivity index (χ4v) is 1.90. The summed E-state index contributed by atoms with van der Waals surface area (Å²) in [6, 6.07) is 8.60. The summed E-state index contributed by atoms with van der Waals surface area (Å²) >= 11 is 0. The van der Waals surface area contributed by atoms with Crippen LogP contribution >= 0.6 is 0 Å². The number of aryl methyl sites for hydroxylation is 2. The maximum atomic E-state index is 4.30. The summed E-state index contributed by atoms with van der Waals surface area (Å²) < 4.78 is 0. The number of benzene rings is 1. The topological polar surface area (TPSA) is 37.8 Å². The predicted octanol–water partition coefficient (Wildman–Crippen LogP) is 3.27. The molecule has 1 aromatic carbocycles. The zero-order valence-electron chi connectivity index (χ0n) is 10.4. The highest BCUT2D eigenvalue weighted by molar-refractivity contribution is 5.42. The van der Waals surface area contributed by atoms with Crippen molar-refractivity contribution in [3.05, 3.63) is 53.5 Å². The molecule has 17 heavy (non-hydrogen) atoms. The Balaban J connectivity index is 2.20. The lowest BCUT2D eigenvalue weighted by Gasteiger charge is -2.17. The maximum absolute atomic E-state index is 4.30. The van der Waals surface area contributed by atoms with E-state index in [4.69, 9.17) is 0 Å². The lowest BCUT2D eigenvalue weighted by atomic mass is 10.0. The van der Waals surface area contributed by atoms with Crippen LogP contribution < -0.4 is 5.32 Å². The monoisotopic (exact) mass is 227 g/mol. The van der Waals surface area contributed by atoms with E-state index in [9.17, 15) is 0 Å². The number of rotatable bonds is 3. The Morgan fingerprint density at radius 2 is 1.76 bits per heavy atom. The number of nitrogens with zero attached hydrogens (tertiary/aromatic N) is 2. The van der Waals surface area contributed by atoms with Crippen LogP contribution in [0.1, 0.15) is 29.8 Å². The van der Waals surface area contributed by atoms with Gasteiger partial charge in [-0.25, -0.2) is 4.98 Å². The molecule has 0 aliphatic heterocycles. The van der Waals surface area contributed by atoms with E-state index in [1.807, 2.05) is 6.92 Å². The lowest BCUT2D eigenvalue weighted by molar-refractivity contribution is 0.857. The first-order valence-corrected chi connectivity index (χ1v) is 5.78. The van der Waals surface area contributed by atoms with Crippen LogP contribution in [0, 0.1) is 13.8 Å². The first-order chi connectivity index (χ1) is 8.18. The normalized spacial score (nSPS) is 12.2. The molecule has 1 N–H and O–H groups in total. The minimum atomic E-state index is 0.228. The molecule has 1 atom stereocenters. The summed E-state index contributed by atoms with van der Waals surface area (Å²) in [5.41, 5.74) is 3.50. The number of aromatic nitrogens is 2. The zero-order valence-corrected chi connectivity index (χ0v) is 10.4. The van der Waals surface area contributed by atoms with Gasteiger partial charge in [-0.1, -0.05) is 24.3 Å². The lowest BCUT2D eigenvalue weighted by Crippen LogP contribution is -2.10. The summed E-state index contributed by atoms with van der Waals surface area (Å²) in [5.74, 6) is 0.850. The highest BCUT2D eigenvalue weighted by Crippen LogP contribution is 2.21. The molecule has 0 bridgehead atoms. The van der Waals surface area contributed by atoms with Crippen molar-refractivity contribution in [2.45, 2.75) is 26.8 Å². The molecule has 2 rings (SSSR count). The molecule has 88 valence electrons. The fourth-order valence-electron chi connectivity index (χ4n) is 1.90. The Labute approximate surface area is 102 Å². The van der Waals surface area contributed by atoms with Crippen molar-refractivity contribution in [3.8, 4) is 0 Å². The van der Waals surface area contributed by atoms with Gasteiger partial charge in [-0.05, 0) is 31.9 Å². The quantitative estimate of drug-likeness (QED) is 0.874. The highest BCUT2D eigenvalue weighted by Gasteiger charge is 2.09. The molecule has 0 amide bonds. The summed E-state index contributed by atoms with van der Waals surface area (Å²) in [6.07, 6.45) is 3.42. The average Bonchev–Trinajstić information content (AvgIpc) is 2.32. The van der Waals surface area contributed by atoms with Crippen LogP contribution in [0.4, 0.5) is 5.82 Å². The van der Waals surface area contributed by atoms with Crippen LogP contribution in [-0.4, -0.2) is 9.97 Å². The van der Waals surface area contributed by atoms with Crippen molar-refractivity contribution >= 4 is 5.82 Å².